The molecule has 0 radical (unpaired) electrons. The zero-order valence-corrected chi connectivity index (χ0v) is 12.6. The van der Waals surface area contributed by atoms with Crippen LogP contribution >= 0.6 is 0 Å². The molecule has 126 valence electrons. The van der Waals surface area contributed by atoms with E-state index in [4.69, 9.17) is 19.9 Å². The second-order valence-electron chi connectivity index (χ2n) is 5.15. The minimum Gasteiger partial charge on any atom is -0.394 e. The van der Waals surface area contributed by atoms with Gasteiger partial charge in [0.05, 0.1) is 26.1 Å². The molecule has 10 nitrogen and oxygen atoms in total. The van der Waals surface area contributed by atoms with Gasteiger partial charge in [0.15, 0.2) is 17.7 Å². The van der Waals surface area contributed by atoms with Crippen molar-refractivity contribution >= 4 is 17.0 Å². The first kappa shape index (κ1) is 16.0. The number of fused-ring (bicyclic) bond motifs is 1. The van der Waals surface area contributed by atoms with Crippen LogP contribution in [0.25, 0.3) is 11.2 Å². The van der Waals surface area contributed by atoms with E-state index < -0.39 is 24.5 Å². The predicted molar refractivity (Wildman–Crippen MR) is 78.4 cm³/mol. The van der Waals surface area contributed by atoms with Crippen LogP contribution in [0.4, 0.5) is 5.82 Å². The van der Waals surface area contributed by atoms with Crippen LogP contribution in [-0.2, 0) is 14.2 Å². The van der Waals surface area contributed by atoms with E-state index in [-0.39, 0.29) is 19.0 Å². The van der Waals surface area contributed by atoms with Crippen molar-refractivity contribution in [1.29, 1.82) is 0 Å². The summed E-state index contributed by atoms with van der Waals surface area (Å²) in [6.45, 7) is 0.324. The molecule has 1 aliphatic heterocycles. The van der Waals surface area contributed by atoms with Gasteiger partial charge in [0, 0.05) is 7.11 Å². The minimum absolute atomic E-state index is 0.253. The van der Waals surface area contributed by atoms with Gasteiger partial charge in [-0.2, -0.15) is 0 Å². The van der Waals surface area contributed by atoms with Gasteiger partial charge in [-0.1, -0.05) is 0 Å². The summed E-state index contributed by atoms with van der Waals surface area (Å²) in [7, 11) is 1.56. The molecule has 4 atom stereocenters. The summed E-state index contributed by atoms with van der Waals surface area (Å²) in [5, 5.41) is 19.7. The van der Waals surface area contributed by atoms with Crippen LogP contribution in [-0.4, -0.2) is 75.0 Å². The lowest BCUT2D eigenvalue weighted by molar-refractivity contribution is -0.0785. The van der Waals surface area contributed by atoms with E-state index in [2.05, 4.69) is 15.0 Å². The number of aromatic nitrogens is 4. The summed E-state index contributed by atoms with van der Waals surface area (Å²) in [4.78, 5) is 12.2. The number of nitrogens with two attached hydrogens (primary N) is 1. The number of nitrogens with zero attached hydrogens (tertiary/aromatic N) is 4. The molecule has 3 rings (SSSR count). The van der Waals surface area contributed by atoms with Crippen LogP contribution in [0.2, 0.25) is 0 Å². The Labute approximate surface area is 131 Å². The van der Waals surface area contributed by atoms with E-state index in [9.17, 15) is 10.2 Å². The van der Waals surface area contributed by atoms with Gasteiger partial charge < -0.3 is 30.2 Å². The largest absolute Gasteiger partial charge is 0.394 e. The summed E-state index contributed by atoms with van der Waals surface area (Å²) in [5.41, 5.74) is 6.68. The Kier molecular flexibility index (Phi) is 4.68. The van der Waals surface area contributed by atoms with E-state index in [0.717, 1.165) is 0 Å². The Morgan fingerprint density at radius 1 is 1.35 bits per heavy atom. The van der Waals surface area contributed by atoms with Crippen molar-refractivity contribution in [2.45, 2.75) is 24.5 Å². The second-order valence-corrected chi connectivity index (χ2v) is 5.15. The smallest absolute Gasteiger partial charge is 0.167 e. The number of imidazole rings is 1. The van der Waals surface area contributed by atoms with Crippen molar-refractivity contribution in [1.82, 2.24) is 19.5 Å². The van der Waals surface area contributed by atoms with Crippen LogP contribution in [0.15, 0.2) is 12.7 Å². The van der Waals surface area contributed by atoms with Crippen molar-refractivity contribution < 1.29 is 24.4 Å². The van der Waals surface area contributed by atoms with Crippen LogP contribution in [0, 0.1) is 0 Å². The molecule has 0 aromatic carbocycles. The second kappa shape index (κ2) is 6.72. The molecule has 0 spiro atoms. The number of hydrogen-bond acceptors (Lipinski definition) is 9. The topological polar surface area (TPSA) is 138 Å². The summed E-state index contributed by atoms with van der Waals surface area (Å²) in [5.74, 6) is 0.253. The highest BCUT2D eigenvalue weighted by atomic mass is 16.6. The first-order valence-corrected chi connectivity index (χ1v) is 7.15. The molecule has 10 heteroatoms. The SMILES string of the molecule is COCCO[C@@H]1[C@@H](O)[C@H](CO)O[C@H]1n1cnc2c(N)ncnc21. The number of ether oxygens (including phenoxy) is 3. The fraction of sp³-hybridized carbons (Fsp3) is 0.615. The quantitative estimate of drug-likeness (QED) is 0.553. The third kappa shape index (κ3) is 2.86. The maximum Gasteiger partial charge on any atom is 0.167 e. The molecule has 0 aliphatic carbocycles. The molecule has 4 N–H and O–H groups in total. The first-order valence-electron chi connectivity index (χ1n) is 7.15. The third-order valence-electron chi connectivity index (χ3n) is 3.75. The highest BCUT2D eigenvalue weighted by Gasteiger charge is 2.45. The lowest BCUT2D eigenvalue weighted by Crippen LogP contribution is -2.36. The molecule has 1 aliphatic rings. The zero-order chi connectivity index (χ0) is 16.4. The van der Waals surface area contributed by atoms with Gasteiger partial charge in [-0.05, 0) is 0 Å². The van der Waals surface area contributed by atoms with E-state index in [1.165, 1.54) is 12.7 Å². The molecular weight excluding hydrogens is 306 g/mol. The standard InChI is InChI=1S/C13H19N5O5/c1-21-2-3-22-10-9(20)7(4-19)23-13(10)18-6-17-8-11(14)15-5-16-12(8)18/h5-7,9-10,13,19-20H,2-4H2,1H3,(H2,14,15,16)/t7-,9-,10+,13+/m0/s1. The Balaban J connectivity index is 1.92. The van der Waals surface area contributed by atoms with Gasteiger partial charge >= 0.3 is 0 Å². The van der Waals surface area contributed by atoms with Crippen LogP contribution < -0.4 is 5.73 Å². The summed E-state index contributed by atoms with van der Waals surface area (Å²) >= 11 is 0. The van der Waals surface area contributed by atoms with Gasteiger partial charge in [0.25, 0.3) is 0 Å². The number of hydrogen-bond donors (Lipinski definition) is 3. The fourth-order valence-electron chi connectivity index (χ4n) is 2.60. The Morgan fingerprint density at radius 2 is 2.17 bits per heavy atom. The monoisotopic (exact) mass is 325 g/mol. The number of aliphatic hydroxyl groups excluding tert-OH is 2. The van der Waals surface area contributed by atoms with Crippen LogP contribution in [0.5, 0.6) is 0 Å². The predicted octanol–water partition coefficient (Wildman–Crippen LogP) is -1.31. The summed E-state index contributed by atoms with van der Waals surface area (Å²) in [6.07, 6.45) is -0.317. The van der Waals surface area contributed by atoms with Gasteiger partial charge in [0.1, 0.15) is 30.2 Å². The average Bonchev–Trinajstić information content (AvgIpc) is 3.10. The van der Waals surface area contributed by atoms with Crippen molar-refractivity contribution in [2.24, 2.45) is 0 Å². The number of aliphatic hydroxyl groups is 2. The summed E-state index contributed by atoms with van der Waals surface area (Å²) in [6, 6.07) is 0. The highest BCUT2D eigenvalue weighted by Crippen LogP contribution is 2.33. The number of methoxy groups -OCH3 is 1. The lowest BCUT2D eigenvalue weighted by Gasteiger charge is -2.21. The van der Waals surface area contributed by atoms with Crippen molar-refractivity contribution in [3.05, 3.63) is 12.7 Å². The Morgan fingerprint density at radius 3 is 2.91 bits per heavy atom. The molecular formula is C13H19N5O5. The molecule has 0 unspecified atom stereocenters. The molecule has 0 saturated carbocycles. The third-order valence-corrected chi connectivity index (χ3v) is 3.75. The van der Waals surface area contributed by atoms with Gasteiger partial charge in [-0.25, -0.2) is 15.0 Å². The molecule has 2 aromatic heterocycles. The zero-order valence-electron chi connectivity index (χ0n) is 12.6. The Hall–Kier alpha value is -1.85. The maximum atomic E-state index is 10.3. The molecule has 3 heterocycles. The fourth-order valence-corrected chi connectivity index (χ4v) is 2.60. The van der Waals surface area contributed by atoms with Crippen molar-refractivity contribution in [2.75, 3.05) is 32.7 Å². The van der Waals surface area contributed by atoms with Gasteiger partial charge in [0.2, 0.25) is 0 Å². The lowest BCUT2D eigenvalue weighted by atomic mass is 10.1. The molecule has 23 heavy (non-hydrogen) atoms. The van der Waals surface area contributed by atoms with E-state index in [0.29, 0.717) is 17.8 Å². The van der Waals surface area contributed by atoms with Crippen molar-refractivity contribution in [3.63, 3.8) is 0 Å². The number of anilines is 1. The normalized spacial score (nSPS) is 27.8. The van der Waals surface area contributed by atoms with E-state index in [1.54, 1.807) is 11.7 Å². The molecule has 1 fully saturated rings. The van der Waals surface area contributed by atoms with E-state index in [1.807, 2.05) is 0 Å². The van der Waals surface area contributed by atoms with E-state index >= 15 is 0 Å². The molecule has 0 bridgehead atoms. The average molecular weight is 325 g/mol. The molecule has 0 amide bonds. The summed E-state index contributed by atoms with van der Waals surface area (Å²) < 4.78 is 17.9. The minimum atomic E-state index is -0.988. The molecule has 1 saturated heterocycles. The molecule has 2 aromatic rings. The maximum absolute atomic E-state index is 10.3. The van der Waals surface area contributed by atoms with Crippen LogP contribution in [0.1, 0.15) is 6.23 Å². The number of nitrogen functional groups attached to an aromatic ring is 1. The highest BCUT2D eigenvalue weighted by molar-refractivity contribution is 5.81. The van der Waals surface area contributed by atoms with Gasteiger partial charge in [-0.3, -0.25) is 4.57 Å². The first-order chi connectivity index (χ1) is 11.2. The van der Waals surface area contributed by atoms with Gasteiger partial charge in [-0.15, -0.1) is 0 Å². The Bertz CT molecular complexity index is 665. The van der Waals surface area contributed by atoms with Crippen molar-refractivity contribution in [3.8, 4) is 0 Å². The van der Waals surface area contributed by atoms with Crippen LogP contribution in [0.3, 0.4) is 0 Å². The number of rotatable bonds is 6.